The smallest absolute Gasteiger partial charge is 0.213 e. The van der Waals surface area contributed by atoms with Crippen LogP contribution in [0.5, 0.6) is 23.0 Å². The van der Waals surface area contributed by atoms with Crippen LogP contribution in [0, 0.1) is 0 Å². The van der Waals surface area contributed by atoms with E-state index in [1.807, 2.05) is 61.5 Å². The number of methoxy groups -OCH3 is 2. The molecule has 0 radical (unpaired) electrons. The van der Waals surface area contributed by atoms with Crippen LogP contribution in [-0.2, 0) is 0 Å². The van der Waals surface area contributed by atoms with E-state index in [2.05, 4.69) is 17.1 Å². The van der Waals surface area contributed by atoms with Gasteiger partial charge in [-0.1, -0.05) is 0 Å². The average Bonchev–Trinajstić information content (AvgIpc) is 3.30. The molecule has 32 heavy (non-hydrogen) atoms. The predicted molar refractivity (Wildman–Crippen MR) is 123 cm³/mol. The molecule has 6 heteroatoms. The van der Waals surface area contributed by atoms with Crippen molar-refractivity contribution < 1.29 is 18.9 Å². The maximum absolute atomic E-state index is 6.45. The number of nitrogens with zero attached hydrogens (tertiary/aromatic N) is 2. The summed E-state index contributed by atoms with van der Waals surface area (Å²) in [6.07, 6.45) is 0.455. The first-order chi connectivity index (χ1) is 15.7. The van der Waals surface area contributed by atoms with Gasteiger partial charge in [0.25, 0.3) is 0 Å². The molecule has 2 aliphatic rings. The lowest BCUT2D eigenvalue weighted by Crippen LogP contribution is -2.33. The van der Waals surface area contributed by atoms with Crippen molar-refractivity contribution in [1.29, 1.82) is 0 Å². The van der Waals surface area contributed by atoms with Crippen molar-refractivity contribution in [3.8, 4) is 23.0 Å². The first-order valence-electron chi connectivity index (χ1n) is 10.8. The molecule has 0 N–H and O–H groups in total. The van der Waals surface area contributed by atoms with Crippen molar-refractivity contribution in [2.75, 3.05) is 20.8 Å². The molecule has 2 atom stereocenters. The molecule has 2 aliphatic heterocycles. The number of ether oxygens (including phenoxy) is 4. The summed E-state index contributed by atoms with van der Waals surface area (Å²) >= 11 is 0. The first-order valence-corrected chi connectivity index (χ1v) is 10.8. The van der Waals surface area contributed by atoms with E-state index in [9.17, 15) is 0 Å². The van der Waals surface area contributed by atoms with E-state index in [0.717, 1.165) is 51.8 Å². The summed E-state index contributed by atoms with van der Waals surface area (Å²) in [5, 5.41) is 7.09. The number of hydrogen-bond acceptors (Lipinski definition) is 6. The van der Waals surface area contributed by atoms with Gasteiger partial charge >= 0.3 is 0 Å². The van der Waals surface area contributed by atoms with Gasteiger partial charge in [-0.25, -0.2) is 5.01 Å². The van der Waals surface area contributed by atoms with Crippen molar-refractivity contribution >= 4 is 5.71 Å². The van der Waals surface area contributed by atoms with E-state index >= 15 is 0 Å². The minimum atomic E-state index is -0.327. The minimum Gasteiger partial charge on any atom is -0.497 e. The highest BCUT2D eigenvalue weighted by molar-refractivity contribution is 6.02. The van der Waals surface area contributed by atoms with Gasteiger partial charge in [0.15, 0.2) is 0 Å². The number of fused-ring (bicyclic) bond motifs is 3. The fraction of sp³-hybridized carbons (Fsp3) is 0.269. The fourth-order valence-electron chi connectivity index (χ4n) is 4.27. The Morgan fingerprint density at radius 2 is 1.59 bits per heavy atom. The summed E-state index contributed by atoms with van der Waals surface area (Å²) in [4.78, 5) is 0. The Bertz CT molecular complexity index is 1130. The molecule has 5 rings (SSSR count). The Hall–Kier alpha value is -3.67. The van der Waals surface area contributed by atoms with Crippen LogP contribution in [0.1, 0.15) is 42.3 Å². The fourth-order valence-corrected chi connectivity index (χ4v) is 4.27. The number of hydrogen-bond donors (Lipinski definition) is 0. The first kappa shape index (κ1) is 20.2. The third-order valence-electron chi connectivity index (χ3n) is 5.90. The molecule has 0 aromatic heterocycles. The van der Waals surface area contributed by atoms with Gasteiger partial charge in [-0.15, -0.1) is 0 Å². The van der Waals surface area contributed by atoms with Gasteiger partial charge in [0, 0.05) is 17.5 Å². The quantitative estimate of drug-likeness (QED) is 0.528. The average molecular weight is 431 g/mol. The highest BCUT2D eigenvalue weighted by atomic mass is 16.5. The van der Waals surface area contributed by atoms with Crippen LogP contribution in [0.3, 0.4) is 0 Å². The molecule has 2 unspecified atom stereocenters. The van der Waals surface area contributed by atoms with Gasteiger partial charge in [-0.3, -0.25) is 0 Å². The number of hydrazone groups is 1. The normalized spacial score (nSPS) is 18.8. The monoisotopic (exact) mass is 430 g/mol. The zero-order valence-electron chi connectivity index (χ0n) is 18.4. The lowest BCUT2D eigenvalue weighted by molar-refractivity contribution is -0.0191. The molecule has 0 saturated heterocycles. The summed E-state index contributed by atoms with van der Waals surface area (Å²) < 4.78 is 22.8. The Morgan fingerprint density at radius 1 is 0.906 bits per heavy atom. The van der Waals surface area contributed by atoms with Crippen LogP contribution < -0.4 is 18.9 Å². The van der Waals surface area contributed by atoms with E-state index in [0.29, 0.717) is 6.61 Å². The molecule has 0 saturated carbocycles. The lowest BCUT2D eigenvalue weighted by Gasteiger charge is -2.38. The SMILES string of the molecule is CCOc1ccc(C2Oc3ccc(OC)cc3C3CC(c4ccc(OC)cc4)=NN32)cc1. The summed E-state index contributed by atoms with van der Waals surface area (Å²) in [7, 11) is 3.35. The molecule has 2 heterocycles. The van der Waals surface area contributed by atoms with Crippen molar-refractivity contribution in [3.63, 3.8) is 0 Å². The summed E-state index contributed by atoms with van der Waals surface area (Å²) in [5.41, 5.74) is 4.21. The molecular weight excluding hydrogens is 404 g/mol. The third kappa shape index (κ3) is 3.62. The third-order valence-corrected chi connectivity index (χ3v) is 5.90. The molecular formula is C26H26N2O4. The highest BCUT2D eigenvalue weighted by Crippen LogP contribution is 2.48. The number of rotatable bonds is 6. The second-order valence-electron chi connectivity index (χ2n) is 7.75. The largest absolute Gasteiger partial charge is 0.497 e. The zero-order valence-corrected chi connectivity index (χ0v) is 18.4. The van der Waals surface area contributed by atoms with Gasteiger partial charge in [-0.05, 0) is 79.2 Å². The van der Waals surface area contributed by atoms with E-state index in [4.69, 9.17) is 24.0 Å². The minimum absolute atomic E-state index is 0.0579. The molecule has 6 nitrogen and oxygen atoms in total. The maximum Gasteiger partial charge on any atom is 0.213 e. The Labute approximate surface area is 188 Å². The van der Waals surface area contributed by atoms with Gasteiger partial charge in [0.05, 0.1) is 32.6 Å². The van der Waals surface area contributed by atoms with Gasteiger partial charge in [-0.2, -0.15) is 5.10 Å². The second kappa shape index (κ2) is 8.46. The van der Waals surface area contributed by atoms with Crippen LogP contribution in [0.25, 0.3) is 0 Å². The van der Waals surface area contributed by atoms with Crippen molar-refractivity contribution in [2.45, 2.75) is 25.6 Å². The molecule has 0 spiro atoms. The summed E-state index contributed by atoms with van der Waals surface area (Å²) in [6.45, 7) is 2.62. The van der Waals surface area contributed by atoms with E-state index < -0.39 is 0 Å². The van der Waals surface area contributed by atoms with Gasteiger partial charge in [0.2, 0.25) is 6.23 Å². The highest BCUT2D eigenvalue weighted by Gasteiger charge is 2.41. The van der Waals surface area contributed by atoms with Crippen LogP contribution in [-0.4, -0.2) is 31.5 Å². The Balaban J connectivity index is 1.53. The molecule has 0 amide bonds. The molecule has 0 bridgehead atoms. The molecule has 3 aromatic rings. The standard InChI is InChI=1S/C26H26N2O4/c1-4-31-20-11-7-18(8-12-20)26-28-24(22-15-21(30-3)13-14-25(22)32-26)16-23(27-28)17-5-9-19(29-2)10-6-17/h5-15,24,26H,4,16H2,1-3H3. The van der Waals surface area contributed by atoms with Crippen molar-refractivity contribution in [3.05, 3.63) is 83.4 Å². The lowest BCUT2D eigenvalue weighted by atomic mass is 9.95. The van der Waals surface area contributed by atoms with Crippen molar-refractivity contribution in [2.24, 2.45) is 5.10 Å². The van der Waals surface area contributed by atoms with Gasteiger partial charge in [0.1, 0.15) is 23.0 Å². The van der Waals surface area contributed by atoms with Crippen LogP contribution in [0.4, 0.5) is 0 Å². The summed E-state index contributed by atoms with van der Waals surface area (Å²) in [5.74, 6) is 3.34. The van der Waals surface area contributed by atoms with Crippen molar-refractivity contribution in [1.82, 2.24) is 5.01 Å². The molecule has 0 fully saturated rings. The predicted octanol–water partition coefficient (Wildman–Crippen LogP) is 5.34. The Morgan fingerprint density at radius 3 is 2.28 bits per heavy atom. The number of benzene rings is 3. The van der Waals surface area contributed by atoms with E-state index in [1.165, 1.54) is 0 Å². The summed E-state index contributed by atoms with van der Waals surface area (Å²) in [6, 6.07) is 22.1. The second-order valence-corrected chi connectivity index (χ2v) is 7.75. The molecule has 164 valence electrons. The van der Waals surface area contributed by atoms with Crippen LogP contribution in [0.2, 0.25) is 0 Å². The molecule has 0 aliphatic carbocycles. The topological polar surface area (TPSA) is 52.5 Å². The van der Waals surface area contributed by atoms with Gasteiger partial charge < -0.3 is 18.9 Å². The Kier molecular flexibility index (Phi) is 5.35. The van der Waals surface area contributed by atoms with E-state index in [-0.39, 0.29) is 12.3 Å². The maximum atomic E-state index is 6.45. The molecule has 3 aromatic carbocycles. The van der Waals surface area contributed by atoms with E-state index in [1.54, 1.807) is 14.2 Å². The van der Waals surface area contributed by atoms with Crippen LogP contribution >= 0.6 is 0 Å². The van der Waals surface area contributed by atoms with Crippen LogP contribution in [0.15, 0.2) is 71.8 Å². The zero-order chi connectivity index (χ0) is 22.1.